The first-order chi connectivity index (χ1) is 12.8. The Morgan fingerprint density at radius 3 is 2.37 bits per heavy atom. The van der Waals surface area contributed by atoms with Gasteiger partial charge in [-0.1, -0.05) is 0 Å². The minimum atomic E-state index is -0.368. The van der Waals surface area contributed by atoms with E-state index in [4.69, 9.17) is 4.74 Å². The number of ether oxygens (including phenoxy) is 1. The molecule has 0 fully saturated rings. The number of nitrogens with one attached hydrogen (secondary N) is 2. The van der Waals surface area contributed by atoms with Gasteiger partial charge in [0.05, 0.1) is 12.7 Å². The molecular formula is C19H25N5O3. The Hall–Kier alpha value is -3.16. The Bertz CT molecular complexity index is 816. The second-order valence-corrected chi connectivity index (χ2v) is 6.31. The molecule has 1 heterocycles. The van der Waals surface area contributed by atoms with Gasteiger partial charge in [-0.25, -0.2) is 14.8 Å². The zero-order chi connectivity index (χ0) is 20.0. The number of aryl methyl sites for hydroxylation is 2. The van der Waals surface area contributed by atoms with Crippen molar-refractivity contribution in [2.45, 2.75) is 20.3 Å². The zero-order valence-electron chi connectivity index (χ0n) is 16.3. The van der Waals surface area contributed by atoms with E-state index in [1.54, 1.807) is 32.3 Å². The van der Waals surface area contributed by atoms with Crippen LogP contribution in [0.25, 0.3) is 0 Å². The number of methoxy groups -OCH3 is 1. The lowest BCUT2D eigenvalue weighted by Gasteiger charge is -2.15. The SMILES string of the molecule is COc1ccc(NC(=O)NCCc2nc(C)cc(C)n2)cc1C(=O)N(C)C. The highest BCUT2D eigenvalue weighted by molar-refractivity contribution is 5.99. The van der Waals surface area contributed by atoms with Crippen LogP contribution in [0.2, 0.25) is 0 Å². The van der Waals surface area contributed by atoms with Crippen molar-refractivity contribution in [3.63, 3.8) is 0 Å². The molecule has 0 atom stereocenters. The minimum Gasteiger partial charge on any atom is -0.496 e. The third-order valence-corrected chi connectivity index (χ3v) is 3.76. The van der Waals surface area contributed by atoms with E-state index in [-0.39, 0.29) is 11.9 Å². The second kappa shape index (κ2) is 8.98. The second-order valence-electron chi connectivity index (χ2n) is 6.31. The first kappa shape index (κ1) is 20.2. The summed E-state index contributed by atoms with van der Waals surface area (Å²) in [5.74, 6) is 0.936. The molecule has 0 saturated heterocycles. The lowest BCUT2D eigenvalue weighted by molar-refractivity contribution is 0.0824. The molecule has 3 amide bonds. The van der Waals surface area contributed by atoms with Crippen LogP contribution >= 0.6 is 0 Å². The number of carbonyl (C=O) groups is 2. The predicted octanol–water partition coefficient (Wildman–Crippen LogP) is 2.17. The minimum absolute atomic E-state index is 0.206. The number of nitrogens with zero attached hydrogens (tertiary/aromatic N) is 3. The van der Waals surface area contributed by atoms with E-state index < -0.39 is 0 Å². The molecule has 2 rings (SSSR count). The van der Waals surface area contributed by atoms with Crippen LogP contribution in [0.5, 0.6) is 5.75 Å². The van der Waals surface area contributed by atoms with E-state index in [0.717, 1.165) is 11.4 Å². The molecule has 0 aliphatic rings. The summed E-state index contributed by atoms with van der Waals surface area (Å²) in [6.45, 7) is 4.22. The number of carbonyl (C=O) groups excluding carboxylic acids is 2. The molecule has 8 heteroatoms. The number of anilines is 1. The molecule has 1 aromatic heterocycles. The standard InChI is InChI=1S/C19H25N5O3/c1-12-10-13(2)22-17(21-12)8-9-20-19(26)23-14-6-7-16(27-5)15(11-14)18(25)24(3)4/h6-7,10-11H,8-9H2,1-5H3,(H2,20,23,26). The van der Waals surface area contributed by atoms with Gasteiger partial charge < -0.3 is 20.3 Å². The van der Waals surface area contributed by atoms with E-state index in [2.05, 4.69) is 20.6 Å². The Balaban J connectivity index is 1.97. The van der Waals surface area contributed by atoms with Crippen LogP contribution in [0.3, 0.4) is 0 Å². The van der Waals surface area contributed by atoms with E-state index in [1.807, 2.05) is 19.9 Å². The van der Waals surface area contributed by atoms with Crippen molar-refractivity contribution >= 4 is 17.6 Å². The summed E-state index contributed by atoms with van der Waals surface area (Å²) >= 11 is 0. The number of urea groups is 1. The maximum Gasteiger partial charge on any atom is 0.319 e. The summed E-state index contributed by atoms with van der Waals surface area (Å²) in [6.07, 6.45) is 0.531. The van der Waals surface area contributed by atoms with Gasteiger partial charge in [0.15, 0.2) is 0 Å². The average molecular weight is 371 g/mol. The first-order valence-corrected chi connectivity index (χ1v) is 8.56. The number of hydrogen-bond donors (Lipinski definition) is 2. The number of amides is 3. The van der Waals surface area contributed by atoms with Crippen molar-refractivity contribution in [1.82, 2.24) is 20.2 Å². The third kappa shape index (κ3) is 5.67. The molecule has 144 valence electrons. The van der Waals surface area contributed by atoms with Crippen LogP contribution in [0.4, 0.5) is 10.5 Å². The lowest BCUT2D eigenvalue weighted by Crippen LogP contribution is -2.31. The molecule has 8 nitrogen and oxygen atoms in total. The van der Waals surface area contributed by atoms with Gasteiger partial charge in [-0.05, 0) is 38.1 Å². The lowest BCUT2D eigenvalue weighted by atomic mass is 10.1. The molecule has 0 bridgehead atoms. The molecule has 0 unspecified atom stereocenters. The summed E-state index contributed by atoms with van der Waals surface area (Å²) in [6, 6.07) is 6.45. The van der Waals surface area contributed by atoms with Gasteiger partial charge in [0.25, 0.3) is 5.91 Å². The van der Waals surface area contributed by atoms with Crippen molar-refractivity contribution in [3.05, 3.63) is 47.0 Å². The zero-order valence-corrected chi connectivity index (χ0v) is 16.3. The van der Waals surface area contributed by atoms with Crippen molar-refractivity contribution < 1.29 is 14.3 Å². The van der Waals surface area contributed by atoms with E-state index in [0.29, 0.717) is 35.8 Å². The monoisotopic (exact) mass is 371 g/mol. The fourth-order valence-electron chi connectivity index (χ4n) is 2.57. The molecule has 27 heavy (non-hydrogen) atoms. The molecule has 2 N–H and O–H groups in total. The number of rotatable bonds is 6. The van der Waals surface area contributed by atoms with Gasteiger partial charge in [0.1, 0.15) is 11.6 Å². The van der Waals surface area contributed by atoms with Crippen LogP contribution in [-0.4, -0.2) is 54.6 Å². The predicted molar refractivity (Wildman–Crippen MR) is 103 cm³/mol. The summed E-state index contributed by atoms with van der Waals surface area (Å²) in [5, 5.41) is 5.48. The molecule has 0 spiro atoms. The van der Waals surface area contributed by atoms with Gasteiger partial charge in [-0.3, -0.25) is 4.79 Å². The fourth-order valence-corrected chi connectivity index (χ4v) is 2.57. The van der Waals surface area contributed by atoms with Crippen LogP contribution in [0.1, 0.15) is 27.6 Å². The first-order valence-electron chi connectivity index (χ1n) is 8.56. The highest BCUT2D eigenvalue weighted by atomic mass is 16.5. The van der Waals surface area contributed by atoms with Crippen LogP contribution in [0, 0.1) is 13.8 Å². The largest absolute Gasteiger partial charge is 0.496 e. The van der Waals surface area contributed by atoms with E-state index >= 15 is 0 Å². The fraction of sp³-hybridized carbons (Fsp3) is 0.368. The van der Waals surface area contributed by atoms with Gasteiger partial charge in [-0.2, -0.15) is 0 Å². The Kier molecular flexibility index (Phi) is 6.70. The summed E-state index contributed by atoms with van der Waals surface area (Å²) in [4.78, 5) is 34.5. The average Bonchev–Trinajstić information content (AvgIpc) is 2.60. The highest BCUT2D eigenvalue weighted by Crippen LogP contribution is 2.23. The summed E-state index contributed by atoms with van der Waals surface area (Å²) < 4.78 is 5.22. The molecule has 0 radical (unpaired) electrons. The van der Waals surface area contributed by atoms with E-state index in [1.165, 1.54) is 12.0 Å². The number of aromatic nitrogens is 2. The van der Waals surface area contributed by atoms with Crippen molar-refractivity contribution in [2.75, 3.05) is 33.1 Å². The molecule has 0 aliphatic heterocycles. The van der Waals surface area contributed by atoms with Crippen LogP contribution in [0.15, 0.2) is 24.3 Å². The smallest absolute Gasteiger partial charge is 0.319 e. The van der Waals surface area contributed by atoms with Crippen LogP contribution < -0.4 is 15.4 Å². The van der Waals surface area contributed by atoms with E-state index in [9.17, 15) is 9.59 Å². The third-order valence-electron chi connectivity index (χ3n) is 3.76. The highest BCUT2D eigenvalue weighted by Gasteiger charge is 2.15. The van der Waals surface area contributed by atoms with Crippen molar-refractivity contribution in [3.8, 4) is 5.75 Å². The molecular weight excluding hydrogens is 346 g/mol. The summed E-state index contributed by atoms with van der Waals surface area (Å²) in [7, 11) is 4.81. The Labute approximate surface area is 159 Å². The van der Waals surface area contributed by atoms with Crippen LogP contribution in [-0.2, 0) is 6.42 Å². The topological polar surface area (TPSA) is 96.5 Å². The molecule has 1 aromatic carbocycles. The Morgan fingerprint density at radius 2 is 1.78 bits per heavy atom. The number of benzene rings is 1. The maximum absolute atomic E-state index is 12.2. The molecule has 0 saturated carbocycles. The van der Waals surface area contributed by atoms with Gasteiger partial charge in [0, 0.05) is 44.1 Å². The quantitative estimate of drug-likeness (QED) is 0.811. The summed E-state index contributed by atoms with van der Waals surface area (Å²) in [5.41, 5.74) is 2.68. The molecule has 2 aromatic rings. The number of hydrogen-bond acceptors (Lipinski definition) is 5. The van der Waals surface area contributed by atoms with Crippen molar-refractivity contribution in [2.24, 2.45) is 0 Å². The van der Waals surface area contributed by atoms with Crippen molar-refractivity contribution in [1.29, 1.82) is 0 Å². The Morgan fingerprint density at radius 1 is 1.11 bits per heavy atom. The van der Waals surface area contributed by atoms with Gasteiger partial charge in [0.2, 0.25) is 0 Å². The normalized spacial score (nSPS) is 10.3. The van der Waals surface area contributed by atoms with Gasteiger partial charge >= 0.3 is 6.03 Å². The molecule has 0 aliphatic carbocycles. The van der Waals surface area contributed by atoms with Gasteiger partial charge in [-0.15, -0.1) is 0 Å². The maximum atomic E-state index is 12.2.